The second-order valence-electron chi connectivity index (χ2n) is 2.76. The number of nitrogens with zero attached hydrogens (tertiary/aromatic N) is 3. The summed E-state index contributed by atoms with van der Waals surface area (Å²) in [6.07, 6.45) is 1.38. The summed E-state index contributed by atoms with van der Waals surface area (Å²) in [5, 5.41) is 4.02. The standard InChI is InChI=1S/C9H5Br2N3O/c10-6-2-1-3-7(4-6)14-5-12-9(15)8(11)13-14/h1-5H. The summed E-state index contributed by atoms with van der Waals surface area (Å²) >= 11 is 6.40. The van der Waals surface area contributed by atoms with Crippen LogP contribution < -0.4 is 5.56 Å². The average molecular weight is 331 g/mol. The smallest absolute Gasteiger partial charge is 0.264 e. The van der Waals surface area contributed by atoms with Gasteiger partial charge in [0.1, 0.15) is 6.33 Å². The molecule has 6 heteroatoms. The monoisotopic (exact) mass is 329 g/mol. The number of aromatic nitrogens is 3. The van der Waals surface area contributed by atoms with Crippen LogP contribution in [-0.4, -0.2) is 14.8 Å². The Bertz CT molecular complexity index is 553. The van der Waals surface area contributed by atoms with E-state index in [9.17, 15) is 4.79 Å². The first-order valence-electron chi connectivity index (χ1n) is 4.04. The van der Waals surface area contributed by atoms with Gasteiger partial charge in [0.25, 0.3) is 0 Å². The third kappa shape index (κ3) is 2.32. The lowest BCUT2D eigenvalue weighted by Gasteiger charge is -2.04. The van der Waals surface area contributed by atoms with E-state index in [0.717, 1.165) is 10.2 Å². The predicted molar refractivity (Wildman–Crippen MR) is 63.0 cm³/mol. The molecule has 0 unspecified atom stereocenters. The van der Waals surface area contributed by atoms with Gasteiger partial charge in [-0.25, -0.2) is 4.68 Å². The minimum atomic E-state index is -0.374. The molecule has 2 aromatic rings. The number of halogens is 2. The molecule has 1 aromatic carbocycles. The third-order valence-electron chi connectivity index (χ3n) is 1.73. The Morgan fingerprint density at radius 1 is 1.27 bits per heavy atom. The van der Waals surface area contributed by atoms with Gasteiger partial charge >= 0.3 is 5.56 Å². The van der Waals surface area contributed by atoms with Crippen LogP contribution in [0, 0.1) is 0 Å². The van der Waals surface area contributed by atoms with Gasteiger partial charge in [0.15, 0.2) is 4.60 Å². The summed E-state index contributed by atoms with van der Waals surface area (Å²) in [5.74, 6) is 0. The molecule has 0 saturated heterocycles. The fourth-order valence-corrected chi connectivity index (χ4v) is 1.73. The second-order valence-corrected chi connectivity index (χ2v) is 4.43. The molecule has 0 bridgehead atoms. The number of hydrogen-bond donors (Lipinski definition) is 0. The maximum Gasteiger partial charge on any atom is 0.306 e. The Morgan fingerprint density at radius 3 is 2.73 bits per heavy atom. The van der Waals surface area contributed by atoms with Crippen molar-refractivity contribution in [2.45, 2.75) is 0 Å². The van der Waals surface area contributed by atoms with Gasteiger partial charge in [-0.2, -0.15) is 10.1 Å². The van der Waals surface area contributed by atoms with E-state index in [1.807, 2.05) is 24.3 Å². The number of rotatable bonds is 1. The molecule has 76 valence electrons. The number of benzene rings is 1. The van der Waals surface area contributed by atoms with Crippen LogP contribution in [0.5, 0.6) is 0 Å². The van der Waals surface area contributed by atoms with E-state index >= 15 is 0 Å². The lowest BCUT2D eigenvalue weighted by Crippen LogP contribution is -2.14. The lowest BCUT2D eigenvalue weighted by molar-refractivity contribution is 0.777. The van der Waals surface area contributed by atoms with Gasteiger partial charge in [-0.05, 0) is 34.1 Å². The Labute approximate surface area is 102 Å². The highest BCUT2D eigenvalue weighted by Gasteiger charge is 2.01. The molecule has 0 saturated carbocycles. The maximum absolute atomic E-state index is 11.0. The van der Waals surface area contributed by atoms with Crippen molar-refractivity contribution in [2.75, 3.05) is 0 Å². The van der Waals surface area contributed by atoms with Crippen LogP contribution in [-0.2, 0) is 0 Å². The molecule has 15 heavy (non-hydrogen) atoms. The highest BCUT2D eigenvalue weighted by molar-refractivity contribution is 9.10. The Kier molecular flexibility index (Phi) is 2.97. The first-order valence-corrected chi connectivity index (χ1v) is 5.63. The van der Waals surface area contributed by atoms with Crippen molar-refractivity contribution < 1.29 is 0 Å². The molecule has 0 aliphatic carbocycles. The van der Waals surface area contributed by atoms with Crippen LogP contribution in [0.25, 0.3) is 5.69 Å². The molecule has 2 rings (SSSR count). The average Bonchev–Trinajstić information content (AvgIpc) is 2.22. The first kappa shape index (κ1) is 10.5. The SMILES string of the molecule is O=c1ncn(-c2cccc(Br)c2)nc1Br. The van der Waals surface area contributed by atoms with Crippen molar-refractivity contribution in [3.05, 3.63) is 50.0 Å². The van der Waals surface area contributed by atoms with E-state index in [-0.39, 0.29) is 10.2 Å². The lowest BCUT2D eigenvalue weighted by atomic mass is 10.3. The Balaban J connectivity index is 2.55. The van der Waals surface area contributed by atoms with Crippen molar-refractivity contribution in [2.24, 2.45) is 0 Å². The topological polar surface area (TPSA) is 47.8 Å². The molecule has 0 spiro atoms. The molecule has 1 heterocycles. The molecule has 0 aliphatic heterocycles. The van der Waals surface area contributed by atoms with E-state index < -0.39 is 0 Å². The minimum Gasteiger partial charge on any atom is -0.264 e. The summed E-state index contributed by atoms with van der Waals surface area (Å²) < 4.78 is 2.66. The molecule has 0 radical (unpaired) electrons. The summed E-state index contributed by atoms with van der Waals surface area (Å²) in [6.45, 7) is 0. The van der Waals surface area contributed by atoms with Crippen LogP contribution in [0.15, 0.2) is 44.5 Å². The Morgan fingerprint density at radius 2 is 2.07 bits per heavy atom. The highest BCUT2D eigenvalue weighted by Crippen LogP contribution is 2.14. The van der Waals surface area contributed by atoms with Crippen LogP contribution >= 0.6 is 31.9 Å². The van der Waals surface area contributed by atoms with E-state index in [2.05, 4.69) is 41.9 Å². The molecular weight excluding hydrogens is 326 g/mol. The van der Waals surface area contributed by atoms with Gasteiger partial charge in [-0.1, -0.05) is 22.0 Å². The molecule has 4 nitrogen and oxygen atoms in total. The molecule has 0 N–H and O–H groups in total. The van der Waals surface area contributed by atoms with E-state index in [0.29, 0.717) is 0 Å². The molecule has 0 fully saturated rings. The van der Waals surface area contributed by atoms with E-state index in [1.54, 1.807) is 0 Å². The van der Waals surface area contributed by atoms with Crippen molar-refractivity contribution in [3.63, 3.8) is 0 Å². The van der Waals surface area contributed by atoms with Gasteiger partial charge < -0.3 is 0 Å². The van der Waals surface area contributed by atoms with Gasteiger partial charge in [-0.3, -0.25) is 4.79 Å². The van der Waals surface area contributed by atoms with Crippen LogP contribution in [0.4, 0.5) is 0 Å². The fourth-order valence-electron chi connectivity index (χ4n) is 1.07. The fraction of sp³-hybridized carbons (Fsp3) is 0. The zero-order chi connectivity index (χ0) is 10.8. The summed E-state index contributed by atoms with van der Waals surface area (Å²) in [5.41, 5.74) is 0.457. The normalized spacial score (nSPS) is 10.3. The minimum absolute atomic E-state index is 0.199. The zero-order valence-electron chi connectivity index (χ0n) is 7.39. The molecule has 0 amide bonds. The molecular formula is C9H5Br2N3O. The van der Waals surface area contributed by atoms with E-state index in [4.69, 9.17) is 0 Å². The van der Waals surface area contributed by atoms with Gasteiger partial charge in [0.05, 0.1) is 5.69 Å². The van der Waals surface area contributed by atoms with E-state index in [1.165, 1.54) is 11.0 Å². The summed E-state index contributed by atoms with van der Waals surface area (Å²) in [4.78, 5) is 14.7. The largest absolute Gasteiger partial charge is 0.306 e. The molecule has 0 aliphatic rings. The van der Waals surface area contributed by atoms with Crippen molar-refractivity contribution >= 4 is 31.9 Å². The predicted octanol–water partition coefficient (Wildman–Crippen LogP) is 2.15. The molecule has 1 aromatic heterocycles. The van der Waals surface area contributed by atoms with Gasteiger partial charge in [0.2, 0.25) is 0 Å². The van der Waals surface area contributed by atoms with Gasteiger partial charge in [0, 0.05) is 4.47 Å². The van der Waals surface area contributed by atoms with Crippen molar-refractivity contribution in [1.29, 1.82) is 0 Å². The van der Waals surface area contributed by atoms with Crippen LogP contribution in [0.1, 0.15) is 0 Å². The maximum atomic E-state index is 11.0. The van der Waals surface area contributed by atoms with Crippen LogP contribution in [0.2, 0.25) is 0 Å². The summed E-state index contributed by atoms with van der Waals surface area (Å²) in [7, 11) is 0. The van der Waals surface area contributed by atoms with Crippen molar-refractivity contribution in [1.82, 2.24) is 14.8 Å². The van der Waals surface area contributed by atoms with Crippen LogP contribution in [0.3, 0.4) is 0 Å². The quantitative estimate of drug-likeness (QED) is 0.805. The Hall–Kier alpha value is -1.01. The second kappa shape index (κ2) is 4.24. The summed E-state index contributed by atoms with van der Waals surface area (Å²) in [6, 6.07) is 7.55. The highest BCUT2D eigenvalue weighted by atomic mass is 79.9. The first-order chi connectivity index (χ1) is 7.16. The number of hydrogen-bond acceptors (Lipinski definition) is 3. The van der Waals surface area contributed by atoms with Crippen molar-refractivity contribution in [3.8, 4) is 5.69 Å². The third-order valence-corrected chi connectivity index (χ3v) is 2.72. The van der Waals surface area contributed by atoms with Gasteiger partial charge in [-0.15, -0.1) is 0 Å². The molecule has 0 atom stereocenters. The zero-order valence-corrected chi connectivity index (χ0v) is 10.6.